The van der Waals surface area contributed by atoms with E-state index in [2.05, 4.69) is 0 Å². The Morgan fingerprint density at radius 1 is 1.06 bits per heavy atom. The molecule has 2 atom stereocenters. The largest absolute Gasteiger partial charge is 0.383 e. The van der Waals surface area contributed by atoms with Crippen LogP contribution in [0.3, 0.4) is 0 Å². The van der Waals surface area contributed by atoms with Crippen LogP contribution in [0.2, 0.25) is 0 Å². The van der Waals surface area contributed by atoms with Gasteiger partial charge in [0.1, 0.15) is 5.60 Å². The molecule has 17 heavy (non-hydrogen) atoms. The second kappa shape index (κ2) is 3.42. The Bertz CT molecular complexity index is 377. The van der Waals surface area contributed by atoms with Crippen molar-refractivity contribution in [2.45, 2.75) is 59.7 Å². The smallest absolute Gasteiger partial charge is 0.194 e. The summed E-state index contributed by atoms with van der Waals surface area (Å²) in [5.74, 6) is -0.359. The van der Waals surface area contributed by atoms with Crippen LogP contribution in [-0.4, -0.2) is 27.2 Å². The van der Waals surface area contributed by atoms with Gasteiger partial charge >= 0.3 is 0 Å². The molecule has 0 fully saturated rings. The lowest BCUT2D eigenvalue weighted by Crippen LogP contribution is -2.61. The summed E-state index contributed by atoms with van der Waals surface area (Å²) in [7, 11) is 0. The minimum atomic E-state index is -1.76. The maximum atomic E-state index is 12.5. The summed E-state index contributed by atoms with van der Waals surface area (Å²) in [6.45, 7) is 12.5. The average Bonchev–Trinajstić information content (AvgIpc) is 2.24. The summed E-state index contributed by atoms with van der Waals surface area (Å²) in [5, 5.41) is 21.1. The molecule has 0 saturated heterocycles. The monoisotopic (exact) mass is 240 g/mol. The molecule has 0 saturated carbocycles. The second-order valence-corrected chi connectivity index (χ2v) is 7.25. The highest BCUT2D eigenvalue weighted by molar-refractivity contribution is 6.07. The molecule has 1 rings (SSSR count). The summed E-state index contributed by atoms with van der Waals surface area (Å²) < 4.78 is 0. The fourth-order valence-electron chi connectivity index (χ4n) is 2.53. The quantitative estimate of drug-likeness (QED) is 0.681. The van der Waals surface area contributed by atoms with Gasteiger partial charge < -0.3 is 10.2 Å². The van der Waals surface area contributed by atoms with Gasteiger partial charge in [0.25, 0.3) is 0 Å². The van der Waals surface area contributed by atoms with Crippen LogP contribution >= 0.6 is 0 Å². The van der Waals surface area contributed by atoms with E-state index < -0.39 is 16.6 Å². The van der Waals surface area contributed by atoms with Gasteiger partial charge in [-0.1, -0.05) is 41.5 Å². The zero-order chi connectivity index (χ0) is 13.9. The van der Waals surface area contributed by atoms with Crippen LogP contribution in [0.25, 0.3) is 0 Å². The molecule has 98 valence electrons. The molecule has 3 heteroatoms. The normalized spacial score (nSPS) is 35.1. The van der Waals surface area contributed by atoms with Crippen LogP contribution in [0, 0.1) is 10.8 Å². The van der Waals surface area contributed by atoms with Gasteiger partial charge in [0.15, 0.2) is 11.4 Å². The Kier molecular flexibility index (Phi) is 2.90. The number of aliphatic hydroxyl groups is 2. The topological polar surface area (TPSA) is 57.5 Å². The summed E-state index contributed by atoms with van der Waals surface area (Å²) in [6.07, 6.45) is 1.51. The van der Waals surface area contributed by atoms with Crippen molar-refractivity contribution < 1.29 is 15.0 Å². The minimum absolute atomic E-state index is 0.359. The van der Waals surface area contributed by atoms with Crippen molar-refractivity contribution in [3.63, 3.8) is 0 Å². The van der Waals surface area contributed by atoms with Crippen molar-refractivity contribution in [3.8, 4) is 0 Å². The lowest BCUT2D eigenvalue weighted by molar-refractivity contribution is -0.177. The first-order valence-corrected chi connectivity index (χ1v) is 5.98. The standard InChI is InChI=1S/C14H24O3/c1-11(2,3)9-8-13(7,16)14(17,10(9)15)12(4,5)6/h8,16-17H,1-7H3/t13-,14+/m0/s1. The van der Waals surface area contributed by atoms with Gasteiger partial charge in [0, 0.05) is 11.0 Å². The van der Waals surface area contributed by atoms with E-state index in [0.717, 1.165) is 0 Å². The molecule has 1 aliphatic carbocycles. The van der Waals surface area contributed by atoms with Gasteiger partial charge in [-0.3, -0.25) is 4.79 Å². The number of carbonyl (C=O) groups excluding carboxylic acids is 1. The van der Waals surface area contributed by atoms with Crippen molar-refractivity contribution in [2.24, 2.45) is 10.8 Å². The number of carbonyl (C=O) groups is 1. The van der Waals surface area contributed by atoms with Gasteiger partial charge in [0.05, 0.1) is 0 Å². The summed E-state index contributed by atoms with van der Waals surface area (Å²) in [6, 6.07) is 0. The van der Waals surface area contributed by atoms with E-state index >= 15 is 0 Å². The molecule has 2 N–H and O–H groups in total. The van der Waals surface area contributed by atoms with E-state index in [0.29, 0.717) is 5.57 Å². The van der Waals surface area contributed by atoms with Gasteiger partial charge in [-0.05, 0) is 18.4 Å². The molecular formula is C14H24O3. The Morgan fingerprint density at radius 3 is 1.65 bits per heavy atom. The highest BCUT2D eigenvalue weighted by Gasteiger charge is 2.63. The van der Waals surface area contributed by atoms with E-state index in [4.69, 9.17) is 0 Å². The molecule has 1 aliphatic rings. The van der Waals surface area contributed by atoms with Gasteiger partial charge in [-0.2, -0.15) is 0 Å². The van der Waals surface area contributed by atoms with Crippen molar-refractivity contribution in [3.05, 3.63) is 11.6 Å². The highest BCUT2D eigenvalue weighted by Crippen LogP contribution is 2.49. The average molecular weight is 240 g/mol. The van der Waals surface area contributed by atoms with Crippen molar-refractivity contribution in [2.75, 3.05) is 0 Å². The number of hydrogen-bond acceptors (Lipinski definition) is 3. The molecule has 0 bridgehead atoms. The van der Waals surface area contributed by atoms with E-state index in [1.165, 1.54) is 13.0 Å². The van der Waals surface area contributed by atoms with Crippen LogP contribution in [-0.2, 0) is 4.79 Å². The van der Waals surface area contributed by atoms with Crippen molar-refractivity contribution >= 4 is 5.78 Å². The summed E-state index contributed by atoms with van der Waals surface area (Å²) in [5.41, 5.74) is -3.89. The predicted molar refractivity (Wildman–Crippen MR) is 67.6 cm³/mol. The number of Topliss-reactive ketones (excluding diaryl/α,β-unsaturated/α-hetero) is 1. The highest BCUT2D eigenvalue weighted by atomic mass is 16.4. The van der Waals surface area contributed by atoms with Crippen LogP contribution in [0.5, 0.6) is 0 Å². The second-order valence-electron chi connectivity index (χ2n) is 7.25. The van der Waals surface area contributed by atoms with Crippen molar-refractivity contribution in [1.29, 1.82) is 0 Å². The molecule has 0 spiro atoms. The van der Waals surface area contributed by atoms with Crippen molar-refractivity contribution in [1.82, 2.24) is 0 Å². The van der Waals surface area contributed by atoms with Crippen LogP contribution in [0.15, 0.2) is 11.6 Å². The molecule has 0 aromatic carbocycles. The molecule has 3 nitrogen and oxygen atoms in total. The first-order valence-electron chi connectivity index (χ1n) is 5.98. The number of rotatable bonds is 0. The third kappa shape index (κ3) is 1.85. The Labute approximate surface area is 104 Å². The Hall–Kier alpha value is -0.670. The summed E-state index contributed by atoms with van der Waals surface area (Å²) >= 11 is 0. The molecule has 0 radical (unpaired) electrons. The van der Waals surface area contributed by atoms with E-state index in [-0.39, 0.29) is 11.2 Å². The molecule has 0 aromatic heterocycles. The lowest BCUT2D eigenvalue weighted by atomic mass is 9.66. The number of ketones is 1. The van der Waals surface area contributed by atoms with Crippen LogP contribution < -0.4 is 0 Å². The fourth-order valence-corrected chi connectivity index (χ4v) is 2.53. The maximum Gasteiger partial charge on any atom is 0.194 e. The molecule has 0 heterocycles. The fraction of sp³-hybridized carbons (Fsp3) is 0.786. The zero-order valence-corrected chi connectivity index (χ0v) is 11.9. The SMILES string of the molecule is CC(C)(C)C1=C[C@](C)(O)[C@](O)(C(C)(C)C)C1=O. The minimum Gasteiger partial charge on any atom is -0.383 e. The Morgan fingerprint density at radius 2 is 1.47 bits per heavy atom. The van der Waals surface area contributed by atoms with Gasteiger partial charge in [-0.15, -0.1) is 0 Å². The maximum absolute atomic E-state index is 12.5. The zero-order valence-electron chi connectivity index (χ0n) is 11.9. The molecule has 0 aliphatic heterocycles. The molecular weight excluding hydrogens is 216 g/mol. The van der Waals surface area contributed by atoms with E-state index in [9.17, 15) is 15.0 Å². The molecule has 0 unspecified atom stereocenters. The van der Waals surface area contributed by atoms with Gasteiger partial charge in [0.2, 0.25) is 0 Å². The predicted octanol–water partition coefficient (Wildman–Crippen LogP) is 2.07. The molecule has 0 aromatic rings. The lowest BCUT2D eigenvalue weighted by Gasteiger charge is -2.43. The Balaban J connectivity index is 3.41. The third-order valence-corrected chi connectivity index (χ3v) is 3.62. The van der Waals surface area contributed by atoms with Crippen LogP contribution in [0.4, 0.5) is 0 Å². The van der Waals surface area contributed by atoms with Gasteiger partial charge in [-0.25, -0.2) is 0 Å². The van der Waals surface area contributed by atoms with E-state index in [1.54, 1.807) is 20.8 Å². The van der Waals surface area contributed by atoms with Crippen LogP contribution in [0.1, 0.15) is 48.5 Å². The summed E-state index contributed by atoms with van der Waals surface area (Å²) in [4.78, 5) is 12.5. The van der Waals surface area contributed by atoms with E-state index in [1.807, 2.05) is 20.8 Å². The third-order valence-electron chi connectivity index (χ3n) is 3.62. The number of hydrogen-bond donors (Lipinski definition) is 2. The molecule has 0 amide bonds. The first-order chi connectivity index (χ1) is 7.25. The first kappa shape index (κ1) is 14.4.